The summed E-state index contributed by atoms with van der Waals surface area (Å²) in [5, 5.41) is 21.0. The van der Waals surface area contributed by atoms with Gasteiger partial charge in [0.1, 0.15) is 5.78 Å². The van der Waals surface area contributed by atoms with Gasteiger partial charge in [-0.3, -0.25) is 9.59 Å². The Labute approximate surface area is 144 Å². The predicted molar refractivity (Wildman–Crippen MR) is 89.3 cm³/mol. The highest BCUT2D eigenvalue weighted by atomic mass is 16.4. The van der Waals surface area contributed by atoms with Crippen LogP contribution >= 0.6 is 0 Å². The summed E-state index contributed by atoms with van der Waals surface area (Å²) in [5.74, 6) is -0.750. The number of fused-ring (bicyclic) bond motifs is 3. The van der Waals surface area contributed by atoms with Crippen molar-refractivity contribution in [3.8, 4) is 0 Å². The van der Waals surface area contributed by atoms with Crippen LogP contribution in [0.5, 0.6) is 0 Å². The van der Waals surface area contributed by atoms with Crippen molar-refractivity contribution in [3.05, 3.63) is 0 Å². The number of aliphatic hydroxyl groups is 1. The average Bonchev–Trinajstić information content (AvgIpc) is 2.74. The van der Waals surface area contributed by atoms with Gasteiger partial charge >= 0.3 is 5.97 Å². The second kappa shape index (κ2) is 4.63. The molecule has 0 aliphatic heterocycles. The Morgan fingerprint density at radius 3 is 2.50 bits per heavy atom. The van der Waals surface area contributed by atoms with Crippen molar-refractivity contribution in [3.63, 3.8) is 0 Å². The third kappa shape index (κ3) is 1.79. The highest BCUT2D eigenvalue weighted by Gasteiger charge is 2.71. The molecule has 0 unspecified atom stereocenters. The minimum Gasteiger partial charge on any atom is -0.481 e. The quantitative estimate of drug-likeness (QED) is 0.770. The molecule has 4 heteroatoms. The fourth-order valence-electron chi connectivity index (χ4n) is 7.76. The van der Waals surface area contributed by atoms with Crippen LogP contribution in [0.25, 0.3) is 0 Å². The molecule has 7 atom stereocenters. The van der Waals surface area contributed by atoms with E-state index in [0.717, 1.165) is 38.5 Å². The summed E-state index contributed by atoms with van der Waals surface area (Å²) in [6, 6.07) is 0. The monoisotopic (exact) mass is 334 g/mol. The van der Waals surface area contributed by atoms with E-state index in [4.69, 9.17) is 0 Å². The van der Waals surface area contributed by atoms with Gasteiger partial charge in [0, 0.05) is 17.8 Å². The first-order chi connectivity index (χ1) is 11.1. The van der Waals surface area contributed by atoms with Gasteiger partial charge in [-0.2, -0.15) is 0 Å². The Hall–Kier alpha value is -0.900. The zero-order chi connectivity index (χ0) is 17.5. The molecule has 4 aliphatic rings. The number of carboxylic acid groups (broad SMARTS) is 1. The number of aliphatic carboxylic acids is 1. The first-order valence-corrected chi connectivity index (χ1v) is 9.52. The lowest BCUT2D eigenvalue weighted by Gasteiger charge is -2.64. The second-order valence-corrected chi connectivity index (χ2v) is 10.2. The minimum absolute atomic E-state index is 0.0641. The van der Waals surface area contributed by atoms with E-state index < -0.39 is 22.9 Å². The summed E-state index contributed by atoms with van der Waals surface area (Å²) in [4.78, 5) is 25.4. The van der Waals surface area contributed by atoms with Crippen molar-refractivity contribution < 1.29 is 19.8 Å². The Morgan fingerprint density at radius 1 is 1.12 bits per heavy atom. The number of aliphatic hydroxyl groups excluding tert-OH is 1. The van der Waals surface area contributed by atoms with Crippen LogP contribution in [-0.4, -0.2) is 28.1 Å². The first-order valence-electron chi connectivity index (χ1n) is 9.52. The molecule has 2 bridgehead atoms. The van der Waals surface area contributed by atoms with Gasteiger partial charge in [-0.05, 0) is 62.2 Å². The Morgan fingerprint density at radius 2 is 1.83 bits per heavy atom. The lowest BCUT2D eigenvalue weighted by atomic mass is 9.39. The molecule has 24 heavy (non-hydrogen) atoms. The van der Waals surface area contributed by atoms with Crippen LogP contribution in [0.4, 0.5) is 0 Å². The standard InChI is InChI=1S/C20H30O4/c1-17-7-8-20(11-17)14(22)9-13-18(2,15(20)12(21)10-17)5-4-6-19(13,3)16(23)24/h12-13,15,21H,4-11H2,1-3H3,(H,23,24)/t12-,13-,15-,17-,18+,19+,20-/m0/s1. The minimum atomic E-state index is -0.844. The van der Waals surface area contributed by atoms with E-state index in [9.17, 15) is 19.8 Å². The molecule has 4 aliphatic carbocycles. The van der Waals surface area contributed by atoms with Crippen LogP contribution in [-0.2, 0) is 9.59 Å². The van der Waals surface area contributed by atoms with Crippen LogP contribution in [0.1, 0.15) is 72.1 Å². The number of carbonyl (C=O) groups excluding carboxylic acids is 1. The van der Waals surface area contributed by atoms with Crippen molar-refractivity contribution in [1.82, 2.24) is 0 Å². The first kappa shape index (κ1) is 16.6. The molecule has 0 saturated heterocycles. The molecule has 0 aromatic heterocycles. The van der Waals surface area contributed by atoms with Gasteiger partial charge in [0.2, 0.25) is 0 Å². The highest BCUT2D eigenvalue weighted by molar-refractivity contribution is 5.89. The maximum Gasteiger partial charge on any atom is 0.309 e. The molecular weight excluding hydrogens is 304 g/mol. The SMILES string of the molecule is C[C@@]12CC[C@]3(C1)C(=O)C[C@H]1[C@@](C)(CCC[C@@]1(C)C(=O)O)[C@@H]3[C@@H](O)C2. The molecule has 2 N–H and O–H groups in total. The molecule has 134 valence electrons. The fraction of sp³-hybridized carbons (Fsp3) is 0.900. The van der Waals surface area contributed by atoms with Crippen LogP contribution in [0.2, 0.25) is 0 Å². The van der Waals surface area contributed by atoms with Crippen molar-refractivity contribution in [1.29, 1.82) is 0 Å². The van der Waals surface area contributed by atoms with Gasteiger partial charge in [0.15, 0.2) is 0 Å². The zero-order valence-electron chi connectivity index (χ0n) is 15.1. The van der Waals surface area contributed by atoms with Crippen molar-refractivity contribution in [2.45, 2.75) is 78.2 Å². The van der Waals surface area contributed by atoms with Crippen LogP contribution in [0, 0.1) is 33.5 Å². The zero-order valence-corrected chi connectivity index (χ0v) is 15.1. The summed E-state index contributed by atoms with van der Waals surface area (Å²) in [5.41, 5.74) is -1.40. The molecule has 4 saturated carbocycles. The Balaban J connectivity index is 1.84. The molecule has 0 heterocycles. The number of rotatable bonds is 1. The lowest BCUT2D eigenvalue weighted by molar-refractivity contribution is -0.203. The molecule has 0 aromatic carbocycles. The lowest BCUT2D eigenvalue weighted by Crippen LogP contribution is -2.65. The van der Waals surface area contributed by atoms with Crippen molar-refractivity contribution in [2.24, 2.45) is 33.5 Å². The van der Waals surface area contributed by atoms with Crippen molar-refractivity contribution in [2.75, 3.05) is 0 Å². The summed E-state index contributed by atoms with van der Waals surface area (Å²) in [6.07, 6.45) is 5.93. The molecule has 0 radical (unpaired) electrons. The topological polar surface area (TPSA) is 74.6 Å². The van der Waals surface area contributed by atoms with Gasteiger partial charge in [0.05, 0.1) is 11.5 Å². The molecule has 0 amide bonds. The number of hydrogen-bond acceptors (Lipinski definition) is 3. The van der Waals surface area contributed by atoms with E-state index in [1.54, 1.807) is 0 Å². The maximum atomic E-state index is 13.3. The largest absolute Gasteiger partial charge is 0.481 e. The van der Waals surface area contributed by atoms with E-state index in [2.05, 4.69) is 13.8 Å². The summed E-state index contributed by atoms with van der Waals surface area (Å²) in [7, 11) is 0. The number of ketones is 1. The Bertz CT molecular complexity index is 615. The van der Waals surface area contributed by atoms with Gasteiger partial charge in [0.25, 0.3) is 0 Å². The smallest absolute Gasteiger partial charge is 0.309 e. The third-order valence-electron chi connectivity index (χ3n) is 8.72. The molecule has 1 spiro atoms. The summed E-state index contributed by atoms with van der Waals surface area (Å²) < 4.78 is 0. The normalized spacial score (nSPS) is 56.5. The summed E-state index contributed by atoms with van der Waals surface area (Å²) >= 11 is 0. The van der Waals surface area contributed by atoms with E-state index in [0.29, 0.717) is 12.8 Å². The number of carboxylic acids is 1. The van der Waals surface area contributed by atoms with Gasteiger partial charge < -0.3 is 10.2 Å². The summed E-state index contributed by atoms with van der Waals surface area (Å²) in [6.45, 7) is 6.23. The molecule has 4 rings (SSSR count). The molecule has 0 aromatic rings. The number of carbonyl (C=O) groups is 2. The highest BCUT2D eigenvalue weighted by Crippen LogP contribution is 2.72. The van der Waals surface area contributed by atoms with Crippen LogP contribution < -0.4 is 0 Å². The molecule has 4 nitrogen and oxygen atoms in total. The average molecular weight is 334 g/mol. The second-order valence-electron chi connectivity index (χ2n) is 10.2. The van der Waals surface area contributed by atoms with Crippen molar-refractivity contribution >= 4 is 11.8 Å². The van der Waals surface area contributed by atoms with E-state index in [1.165, 1.54) is 0 Å². The van der Waals surface area contributed by atoms with Gasteiger partial charge in [-0.15, -0.1) is 0 Å². The number of Topliss-reactive ketones (excluding diaryl/α,β-unsaturated/α-hetero) is 1. The fourth-order valence-corrected chi connectivity index (χ4v) is 7.76. The van der Waals surface area contributed by atoms with Gasteiger partial charge in [-0.1, -0.05) is 20.3 Å². The molecular formula is C20H30O4. The van der Waals surface area contributed by atoms with Crippen LogP contribution in [0.15, 0.2) is 0 Å². The van der Waals surface area contributed by atoms with E-state index in [1.807, 2.05) is 6.92 Å². The third-order valence-corrected chi connectivity index (χ3v) is 8.72. The van der Waals surface area contributed by atoms with Crippen LogP contribution in [0.3, 0.4) is 0 Å². The Kier molecular flexibility index (Phi) is 3.19. The maximum absolute atomic E-state index is 13.3. The van der Waals surface area contributed by atoms with Gasteiger partial charge in [-0.25, -0.2) is 0 Å². The predicted octanol–water partition coefficient (Wildman–Crippen LogP) is 3.41. The molecule has 4 fully saturated rings. The van der Waals surface area contributed by atoms with E-state index in [-0.39, 0.29) is 28.4 Å². The van der Waals surface area contributed by atoms with E-state index >= 15 is 0 Å². The number of hydrogen-bond donors (Lipinski definition) is 2.